The predicted molar refractivity (Wildman–Crippen MR) is 62.1 cm³/mol. The molecule has 1 rings (SSSR count). The van der Waals surface area contributed by atoms with Gasteiger partial charge in [-0.2, -0.15) is 0 Å². The van der Waals surface area contributed by atoms with Crippen LogP contribution in [0, 0.1) is 0 Å². The van der Waals surface area contributed by atoms with Crippen LogP contribution in [0.4, 0.5) is 0 Å². The summed E-state index contributed by atoms with van der Waals surface area (Å²) in [5.74, 6) is -1.43. The molecule has 0 aromatic heterocycles. The standard InChI is InChI=1S/C12H18O7/c1-7(13)17-6-11-12(19-9(3)15)10(4-5-16-11)18-8(2)14/h10-12H,4-6H2,1-3H3/t10-,11?,12+/m1/s1. The fraction of sp³-hybridized carbons (Fsp3) is 0.750. The van der Waals surface area contributed by atoms with Crippen LogP contribution in [0.2, 0.25) is 0 Å². The summed E-state index contributed by atoms with van der Waals surface area (Å²) >= 11 is 0. The van der Waals surface area contributed by atoms with E-state index in [2.05, 4.69) is 0 Å². The molecule has 1 aliphatic heterocycles. The SMILES string of the molecule is CC(=O)OCC1OCC[C@@H](OC(C)=O)[C@@H]1OC(C)=O. The van der Waals surface area contributed by atoms with Gasteiger partial charge in [-0.3, -0.25) is 14.4 Å². The van der Waals surface area contributed by atoms with Gasteiger partial charge in [-0.25, -0.2) is 0 Å². The monoisotopic (exact) mass is 274 g/mol. The number of hydrogen-bond acceptors (Lipinski definition) is 7. The first kappa shape index (κ1) is 15.4. The Morgan fingerprint density at radius 2 is 1.68 bits per heavy atom. The van der Waals surface area contributed by atoms with Gasteiger partial charge in [0.1, 0.15) is 18.8 Å². The minimum atomic E-state index is -0.769. The van der Waals surface area contributed by atoms with E-state index in [1.165, 1.54) is 20.8 Å². The van der Waals surface area contributed by atoms with Crippen molar-refractivity contribution in [2.24, 2.45) is 0 Å². The van der Waals surface area contributed by atoms with Gasteiger partial charge < -0.3 is 18.9 Å². The van der Waals surface area contributed by atoms with Crippen molar-refractivity contribution in [1.29, 1.82) is 0 Å². The highest BCUT2D eigenvalue weighted by molar-refractivity contribution is 5.67. The Kier molecular flexibility index (Phi) is 5.75. The van der Waals surface area contributed by atoms with Crippen molar-refractivity contribution in [2.45, 2.75) is 45.5 Å². The summed E-state index contributed by atoms with van der Waals surface area (Å²) in [6, 6.07) is 0. The third kappa shape index (κ3) is 5.25. The van der Waals surface area contributed by atoms with E-state index in [1.54, 1.807) is 0 Å². The second kappa shape index (κ2) is 7.08. The molecule has 0 aromatic carbocycles. The number of carbonyl (C=O) groups excluding carboxylic acids is 3. The van der Waals surface area contributed by atoms with E-state index >= 15 is 0 Å². The topological polar surface area (TPSA) is 88.1 Å². The number of hydrogen-bond donors (Lipinski definition) is 0. The van der Waals surface area contributed by atoms with Crippen molar-refractivity contribution < 1.29 is 33.3 Å². The molecule has 1 saturated heterocycles. The summed E-state index contributed by atoms with van der Waals surface area (Å²) in [6.45, 7) is 4.09. The van der Waals surface area contributed by atoms with Crippen molar-refractivity contribution in [3.63, 3.8) is 0 Å². The first-order valence-corrected chi connectivity index (χ1v) is 5.99. The number of esters is 3. The molecule has 3 atom stereocenters. The van der Waals surface area contributed by atoms with Crippen molar-refractivity contribution in [3.8, 4) is 0 Å². The molecule has 1 heterocycles. The summed E-state index contributed by atoms with van der Waals surface area (Å²) in [6.07, 6.45) is -1.57. The maximum atomic E-state index is 11.1. The third-order valence-electron chi connectivity index (χ3n) is 2.54. The van der Waals surface area contributed by atoms with E-state index in [0.29, 0.717) is 13.0 Å². The van der Waals surface area contributed by atoms with E-state index in [9.17, 15) is 14.4 Å². The van der Waals surface area contributed by atoms with Gasteiger partial charge in [-0.15, -0.1) is 0 Å². The minimum absolute atomic E-state index is 0.0506. The molecular weight excluding hydrogens is 256 g/mol. The van der Waals surface area contributed by atoms with Crippen LogP contribution in [0.25, 0.3) is 0 Å². The lowest BCUT2D eigenvalue weighted by molar-refractivity contribution is -0.200. The van der Waals surface area contributed by atoms with E-state index in [1.807, 2.05) is 0 Å². The molecule has 7 heteroatoms. The molecule has 0 aliphatic carbocycles. The highest BCUT2D eigenvalue weighted by Gasteiger charge is 2.39. The lowest BCUT2D eigenvalue weighted by atomic mass is 10.0. The molecule has 0 amide bonds. The Balaban J connectivity index is 2.72. The fourth-order valence-corrected chi connectivity index (χ4v) is 1.86. The van der Waals surface area contributed by atoms with Gasteiger partial charge in [0.2, 0.25) is 0 Å². The molecule has 0 N–H and O–H groups in total. The van der Waals surface area contributed by atoms with Crippen LogP contribution in [0.15, 0.2) is 0 Å². The van der Waals surface area contributed by atoms with Crippen molar-refractivity contribution in [3.05, 3.63) is 0 Å². The molecule has 1 aliphatic rings. The molecular formula is C12H18O7. The summed E-state index contributed by atoms with van der Waals surface area (Å²) in [5.41, 5.74) is 0. The normalized spacial score (nSPS) is 26.4. The van der Waals surface area contributed by atoms with E-state index in [0.717, 1.165) is 0 Å². The lowest BCUT2D eigenvalue weighted by Crippen LogP contribution is -2.50. The van der Waals surface area contributed by atoms with Crippen LogP contribution in [0.1, 0.15) is 27.2 Å². The largest absolute Gasteiger partial charge is 0.463 e. The van der Waals surface area contributed by atoms with Crippen molar-refractivity contribution >= 4 is 17.9 Å². The van der Waals surface area contributed by atoms with E-state index < -0.39 is 36.2 Å². The van der Waals surface area contributed by atoms with Gasteiger partial charge in [0.25, 0.3) is 0 Å². The second-order valence-corrected chi connectivity index (χ2v) is 4.22. The zero-order chi connectivity index (χ0) is 14.4. The molecule has 7 nitrogen and oxygen atoms in total. The van der Waals surface area contributed by atoms with Crippen LogP contribution >= 0.6 is 0 Å². The zero-order valence-corrected chi connectivity index (χ0v) is 11.2. The lowest BCUT2D eigenvalue weighted by Gasteiger charge is -2.36. The summed E-state index contributed by atoms with van der Waals surface area (Å²) in [5, 5.41) is 0. The molecule has 19 heavy (non-hydrogen) atoms. The molecule has 0 aromatic rings. The minimum Gasteiger partial charge on any atom is -0.463 e. The first-order chi connectivity index (χ1) is 8.90. The van der Waals surface area contributed by atoms with Gasteiger partial charge in [0.05, 0.1) is 6.61 Å². The second-order valence-electron chi connectivity index (χ2n) is 4.22. The Morgan fingerprint density at radius 3 is 2.21 bits per heavy atom. The van der Waals surface area contributed by atoms with Gasteiger partial charge in [0, 0.05) is 27.2 Å². The number of carbonyl (C=O) groups is 3. The number of ether oxygens (including phenoxy) is 4. The summed E-state index contributed by atoms with van der Waals surface area (Å²) in [4.78, 5) is 32.9. The molecule has 0 spiro atoms. The maximum Gasteiger partial charge on any atom is 0.303 e. The zero-order valence-electron chi connectivity index (χ0n) is 11.2. The van der Waals surface area contributed by atoms with Crippen LogP contribution in [-0.4, -0.2) is 49.4 Å². The quantitative estimate of drug-likeness (QED) is 0.534. The van der Waals surface area contributed by atoms with Crippen LogP contribution < -0.4 is 0 Å². The average Bonchev–Trinajstić information content (AvgIpc) is 2.28. The summed E-state index contributed by atoms with van der Waals surface area (Å²) < 4.78 is 20.5. The van der Waals surface area contributed by atoms with E-state index in [4.69, 9.17) is 18.9 Å². The first-order valence-electron chi connectivity index (χ1n) is 5.99. The highest BCUT2D eigenvalue weighted by Crippen LogP contribution is 2.22. The molecule has 0 radical (unpaired) electrons. The number of rotatable bonds is 4. The Bertz CT molecular complexity index is 352. The van der Waals surface area contributed by atoms with Gasteiger partial charge in [-0.1, -0.05) is 0 Å². The highest BCUT2D eigenvalue weighted by atomic mass is 16.6. The Morgan fingerprint density at radius 1 is 1.05 bits per heavy atom. The smallest absolute Gasteiger partial charge is 0.303 e. The van der Waals surface area contributed by atoms with Crippen LogP contribution in [0.3, 0.4) is 0 Å². The van der Waals surface area contributed by atoms with Crippen molar-refractivity contribution in [1.82, 2.24) is 0 Å². The summed E-state index contributed by atoms with van der Waals surface area (Å²) in [7, 11) is 0. The fourth-order valence-electron chi connectivity index (χ4n) is 1.86. The maximum absolute atomic E-state index is 11.1. The van der Waals surface area contributed by atoms with Crippen molar-refractivity contribution in [2.75, 3.05) is 13.2 Å². The average molecular weight is 274 g/mol. The Hall–Kier alpha value is -1.63. The third-order valence-corrected chi connectivity index (χ3v) is 2.54. The van der Waals surface area contributed by atoms with Crippen LogP contribution in [0.5, 0.6) is 0 Å². The molecule has 108 valence electrons. The van der Waals surface area contributed by atoms with Gasteiger partial charge >= 0.3 is 17.9 Å². The molecule has 1 fully saturated rings. The Labute approximate surface area is 111 Å². The predicted octanol–water partition coefficient (Wildman–Crippen LogP) is 0.202. The van der Waals surface area contributed by atoms with Gasteiger partial charge in [0.15, 0.2) is 6.10 Å². The van der Waals surface area contributed by atoms with Crippen LogP contribution in [-0.2, 0) is 33.3 Å². The molecule has 0 saturated carbocycles. The molecule has 1 unspecified atom stereocenters. The molecule has 0 bridgehead atoms. The van der Waals surface area contributed by atoms with E-state index in [-0.39, 0.29) is 6.61 Å². The van der Waals surface area contributed by atoms with Gasteiger partial charge in [-0.05, 0) is 0 Å².